The van der Waals surface area contributed by atoms with Crippen molar-refractivity contribution < 1.29 is 0 Å². The lowest BCUT2D eigenvalue weighted by atomic mass is 10.1. The molecule has 2 aromatic rings. The molecule has 0 bridgehead atoms. The average molecular weight is 224 g/mol. The molecule has 0 aliphatic carbocycles. The van der Waals surface area contributed by atoms with Crippen LogP contribution in [0.3, 0.4) is 0 Å². The molecular weight excluding hydrogens is 214 g/mol. The summed E-state index contributed by atoms with van der Waals surface area (Å²) < 4.78 is 0. The summed E-state index contributed by atoms with van der Waals surface area (Å²) in [6.07, 6.45) is 0.899. The number of rotatable bonds is 3. The molecular formula is C11H10ClNS. The standard InChI is InChI=1S/C11H10ClNS/c12-7-6-10-11(13-8-14-10)9-4-2-1-3-5-9/h1-5,8H,6-7H2. The van der Waals surface area contributed by atoms with Crippen molar-refractivity contribution in [3.63, 3.8) is 0 Å². The molecule has 1 aromatic carbocycles. The van der Waals surface area contributed by atoms with Crippen LogP contribution in [0.2, 0.25) is 0 Å². The molecule has 1 aromatic heterocycles. The van der Waals surface area contributed by atoms with E-state index in [1.807, 2.05) is 23.7 Å². The molecule has 0 fully saturated rings. The number of aromatic nitrogens is 1. The maximum Gasteiger partial charge on any atom is 0.0843 e. The highest BCUT2D eigenvalue weighted by Gasteiger charge is 2.06. The van der Waals surface area contributed by atoms with Gasteiger partial charge in [-0.15, -0.1) is 22.9 Å². The van der Waals surface area contributed by atoms with E-state index in [1.54, 1.807) is 11.3 Å². The molecule has 0 N–H and O–H groups in total. The molecule has 0 saturated heterocycles. The Morgan fingerprint density at radius 2 is 2.00 bits per heavy atom. The van der Waals surface area contributed by atoms with Crippen molar-refractivity contribution in [3.05, 3.63) is 40.7 Å². The monoisotopic (exact) mass is 223 g/mol. The lowest BCUT2D eigenvalue weighted by Crippen LogP contribution is -1.86. The van der Waals surface area contributed by atoms with Gasteiger partial charge in [-0.25, -0.2) is 4.98 Å². The highest BCUT2D eigenvalue weighted by molar-refractivity contribution is 7.10. The van der Waals surface area contributed by atoms with E-state index in [0.717, 1.165) is 12.1 Å². The minimum absolute atomic E-state index is 0.655. The van der Waals surface area contributed by atoms with Crippen LogP contribution in [0.1, 0.15) is 4.88 Å². The van der Waals surface area contributed by atoms with Crippen LogP contribution >= 0.6 is 22.9 Å². The second-order valence-corrected chi connectivity index (χ2v) is 4.25. The Balaban J connectivity index is 2.37. The number of hydrogen-bond donors (Lipinski definition) is 0. The Morgan fingerprint density at radius 1 is 1.21 bits per heavy atom. The van der Waals surface area contributed by atoms with Crippen molar-refractivity contribution in [3.8, 4) is 11.3 Å². The van der Waals surface area contributed by atoms with E-state index < -0.39 is 0 Å². The van der Waals surface area contributed by atoms with Gasteiger partial charge in [-0.3, -0.25) is 0 Å². The van der Waals surface area contributed by atoms with Gasteiger partial charge in [0.25, 0.3) is 0 Å². The summed E-state index contributed by atoms with van der Waals surface area (Å²) in [6.45, 7) is 0. The van der Waals surface area contributed by atoms with Crippen LogP contribution in [-0.4, -0.2) is 10.9 Å². The van der Waals surface area contributed by atoms with Crippen molar-refractivity contribution in [1.82, 2.24) is 4.98 Å². The fourth-order valence-corrected chi connectivity index (χ4v) is 2.45. The summed E-state index contributed by atoms with van der Waals surface area (Å²) in [5.74, 6) is 0.655. The van der Waals surface area contributed by atoms with Crippen LogP contribution in [0.15, 0.2) is 35.8 Å². The predicted molar refractivity (Wildman–Crippen MR) is 62.0 cm³/mol. The first kappa shape index (κ1) is 9.69. The molecule has 14 heavy (non-hydrogen) atoms. The second-order valence-electron chi connectivity index (χ2n) is 2.93. The van der Waals surface area contributed by atoms with Gasteiger partial charge in [-0.1, -0.05) is 30.3 Å². The molecule has 0 spiro atoms. The quantitative estimate of drug-likeness (QED) is 0.725. The van der Waals surface area contributed by atoms with Crippen LogP contribution in [-0.2, 0) is 6.42 Å². The summed E-state index contributed by atoms with van der Waals surface area (Å²) in [6, 6.07) is 10.2. The van der Waals surface area contributed by atoms with Crippen molar-refractivity contribution >= 4 is 22.9 Å². The third kappa shape index (κ3) is 1.97. The third-order valence-corrected chi connectivity index (χ3v) is 3.09. The molecule has 0 aliphatic heterocycles. The first-order valence-electron chi connectivity index (χ1n) is 4.45. The maximum atomic E-state index is 5.73. The number of aryl methyl sites for hydroxylation is 1. The minimum Gasteiger partial charge on any atom is -0.244 e. The smallest absolute Gasteiger partial charge is 0.0843 e. The second kappa shape index (κ2) is 4.58. The molecule has 72 valence electrons. The van der Waals surface area contributed by atoms with Gasteiger partial charge in [0, 0.05) is 16.3 Å². The highest BCUT2D eigenvalue weighted by atomic mass is 35.5. The number of alkyl halides is 1. The fraction of sp³-hybridized carbons (Fsp3) is 0.182. The van der Waals surface area contributed by atoms with Gasteiger partial charge in [0.15, 0.2) is 0 Å². The van der Waals surface area contributed by atoms with E-state index >= 15 is 0 Å². The Bertz CT molecular complexity index is 397. The van der Waals surface area contributed by atoms with E-state index in [-0.39, 0.29) is 0 Å². The molecule has 1 nitrogen and oxygen atoms in total. The number of halogens is 1. The van der Waals surface area contributed by atoms with E-state index in [1.165, 1.54) is 10.4 Å². The van der Waals surface area contributed by atoms with Gasteiger partial charge in [-0.2, -0.15) is 0 Å². The van der Waals surface area contributed by atoms with E-state index in [4.69, 9.17) is 11.6 Å². The molecule has 0 atom stereocenters. The zero-order valence-electron chi connectivity index (χ0n) is 7.61. The molecule has 3 heteroatoms. The molecule has 0 aliphatic rings. The molecule has 0 unspecified atom stereocenters. The molecule has 1 heterocycles. The van der Waals surface area contributed by atoms with Crippen LogP contribution in [0, 0.1) is 0 Å². The fourth-order valence-electron chi connectivity index (χ4n) is 1.37. The Morgan fingerprint density at radius 3 is 2.71 bits per heavy atom. The molecule has 0 amide bonds. The molecule has 2 rings (SSSR count). The average Bonchev–Trinajstić information content (AvgIpc) is 2.68. The normalized spacial score (nSPS) is 10.4. The van der Waals surface area contributed by atoms with Crippen LogP contribution in [0.5, 0.6) is 0 Å². The first-order chi connectivity index (χ1) is 6.92. The first-order valence-corrected chi connectivity index (χ1v) is 5.87. The van der Waals surface area contributed by atoms with Gasteiger partial charge < -0.3 is 0 Å². The number of thiazole rings is 1. The predicted octanol–water partition coefficient (Wildman–Crippen LogP) is 3.59. The minimum atomic E-state index is 0.655. The van der Waals surface area contributed by atoms with Gasteiger partial charge >= 0.3 is 0 Å². The number of nitrogens with zero attached hydrogens (tertiary/aromatic N) is 1. The van der Waals surface area contributed by atoms with E-state index in [2.05, 4.69) is 17.1 Å². The van der Waals surface area contributed by atoms with Crippen molar-refractivity contribution in [2.45, 2.75) is 6.42 Å². The summed E-state index contributed by atoms with van der Waals surface area (Å²) in [7, 11) is 0. The van der Waals surface area contributed by atoms with Crippen molar-refractivity contribution in [2.24, 2.45) is 0 Å². The Hall–Kier alpha value is -0.860. The number of hydrogen-bond acceptors (Lipinski definition) is 2. The van der Waals surface area contributed by atoms with Gasteiger partial charge in [-0.05, 0) is 6.42 Å². The van der Waals surface area contributed by atoms with Gasteiger partial charge in [0.05, 0.1) is 11.2 Å². The van der Waals surface area contributed by atoms with Crippen LogP contribution in [0.25, 0.3) is 11.3 Å². The van der Waals surface area contributed by atoms with Crippen LogP contribution in [0.4, 0.5) is 0 Å². The van der Waals surface area contributed by atoms with Gasteiger partial charge in [0.1, 0.15) is 0 Å². The van der Waals surface area contributed by atoms with E-state index in [9.17, 15) is 0 Å². The SMILES string of the molecule is ClCCc1scnc1-c1ccccc1. The summed E-state index contributed by atoms with van der Waals surface area (Å²) in [5.41, 5.74) is 4.13. The Labute approximate surface area is 92.4 Å². The lowest BCUT2D eigenvalue weighted by Gasteiger charge is -1.99. The zero-order chi connectivity index (χ0) is 9.80. The Kier molecular flexibility index (Phi) is 3.17. The molecule has 0 saturated carbocycles. The van der Waals surface area contributed by atoms with E-state index in [0.29, 0.717) is 5.88 Å². The van der Waals surface area contributed by atoms with Crippen molar-refractivity contribution in [1.29, 1.82) is 0 Å². The summed E-state index contributed by atoms with van der Waals surface area (Å²) in [5, 5.41) is 0. The largest absolute Gasteiger partial charge is 0.244 e. The summed E-state index contributed by atoms with van der Waals surface area (Å²) >= 11 is 7.40. The maximum absolute atomic E-state index is 5.73. The number of benzene rings is 1. The lowest BCUT2D eigenvalue weighted by molar-refractivity contribution is 1.18. The zero-order valence-corrected chi connectivity index (χ0v) is 9.18. The molecule has 0 radical (unpaired) electrons. The summed E-state index contributed by atoms with van der Waals surface area (Å²) in [4.78, 5) is 5.63. The van der Waals surface area contributed by atoms with Crippen LogP contribution < -0.4 is 0 Å². The third-order valence-electron chi connectivity index (χ3n) is 2.01. The highest BCUT2D eigenvalue weighted by Crippen LogP contribution is 2.25. The van der Waals surface area contributed by atoms with Gasteiger partial charge in [0.2, 0.25) is 0 Å². The van der Waals surface area contributed by atoms with Crippen molar-refractivity contribution in [2.75, 3.05) is 5.88 Å². The topological polar surface area (TPSA) is 12.9 Å².